The lowest BCUT2D eigenvalue weighted by Crippen LogP contribution is -2.13. The molecule has 17 heavy (non-hydrogen) atoms. The minimum absolute atomic E-state index is 0.778. The van der Waals surface area contributed by atoms with Gasteiger partial charge in [-0.2, -0.15) is 0 Å². The second-order valence-corrected chi connectivity index (χ2v) is 5.53. The van der Waals surface area contributed by atoms with Crippen LogP contribution in [0.4, 0.5) is 0 Å². The van der Waals surface area contributed by atoms with Crippen molar-refractivity contribution in [3.63, 3.8) is 0 Å². The van der Waals surface area contributed by atoms with Crippen LogP contribution in [0.25, 0.3) is 0 Å². The Morgan fingerprint density at radius 1 is 1.00 bits per heavy atom. The van der Waals surface area contributed by atoms with E-state index in [-0.39, 0.29) is 0 Å². The lowest BCUT2D eigenvalue weighted by atomic mass is 10.2. The van der Waals surface area contributed by atoms with Crippen molar-refractivity contribution in [1.82, 2.24) is 10.3 Å². The Morgan fingerprint density at radius 2 is 1.88 bits per heavy atom. The van der Waals surface area contributed by atoms with Gasteiger partial charge in [-0.25, -0.2) is 0 Å². The van der Waals surface area contributed by atoms with Crippen LogP contribution in [0.15, 0.2) is 51.5 Å². The van der Waals surface area contributed by atoms with Gasteiger partial charge in [0.15, 0.2) is 0 Å². The molecule has 0 spiro atoms. The lowest BCUT2D eigenvalue weighted by molar-refractivity contribution is 0.679. The van der Waals surface area contributed by atoms with Crippen LogP contribution in [-0.2, 0) is 13.1 Å². The van der Waals surface area contributed by atoms with Gasteiger partial charge < -0.3 is 5.32 Å². The Balaban J connectivity index is 1.85. The van der Waals surface area contributed by atoms with E-state index in [1.54, 1.807) is 0 Å². The number of halogens is 2. The average Bonchev–Trinajstić information content (AvgIpc) is 2.32. The van der Waals surface area contributed by atoms with Crippen molar-refractivity contribution in [2.75, 3.05) is 0 Å². The molecular formula is C13H12Br2N2. The van der Waals surface area contributed by atoms with E-state index in [2.05, 4.69) is 54.3 Å². The molecule has 0 aliphatic carbocycles. The standard InChI is InChI=1S/C13H12Br2N2/c14-11-3-1-2-10(6-11)7-16-9-13-5-4-12(15)8-17-13/h1-6,8,16H,7,9H2. The van der Waals surface area contributed by atoms with Crippen molar-refractivity contribution >= 4 is 31.9 Å². The molecule has 1 aromatic carbocycles. The zero-order valence-corrected chi connectivity index (χ0v) is 12.3. The summed E-state index contributed by atoms with van der Waals surface area (Å²) < 4.78 is 2.12. The first-order chi connectivity index (χ1) is 8.24. The van der Waals surface area contributed by atoms with Gasteiger partial charge in [0.1, 0.15) is 0 Å². The average molecular weight is 356 g/mol. The van der Waals surface area contributed by atoms with Gasteiger partial charge in [-0.05, 0) is 45.8 Å². The molecule has 0 fully saturated rings. The van der Waals surface area contributed by atoms with Crippen LogP contribution >= 0.6 is 31.9 Å². The molecular weight excluding hydrogens is 344 g/mol. The van der Waals surface area contributed by atoms with E-state index in [0.29, 0.717) is 0 Å². The molecule has 0 radical (unpaired) electrons. The molecule has 0 bridgehead atoms. The van der Waals surface area contributed by atoms with Crippen molar-refractivity contribution < 1.29 is 0 Å². The number of benzene rings is 1. The SMILES string of the molecule is Brc1ccc(CNCc2cccc(Br)c2)nc1. The molecule has 1 heterocycles. The second-order valence-electron chi connectivity index (χ2n) is 3.70. The van der Waals surface area contributed by atoms with Gasteiger partial charge in [0.2, 0.25) is 0 Å². The highest BCUT2D eigenvalue weighted by atomic mass is 79.9. The molecule has 0 amide bonds. The molecule has 2 aromatic rings. The number of aromatic nitrogens is 1. The van der Waals surface area contributed by atoms with Gasteiger partial charge in [0.25, 0.3) is 0 Å². The molecule has 0 unspecified atom stereocenters. The predicted octanol–water partition coefficient (Wildman–Crippen LogP) is 3.90. The maximum atomic E-state index is 4.31. The summed E-state index contributed by atoms with van der Waals surface area (Å²) in [6.45, 7) is 1.62. The van der Waals surface area contributed by atoms with Crippen LogP contribution in [0, 0.1) is 0 Å². The predicted molar refractivity (Wildman–Crippen MR) is 76.6 cm³/mol. The van der Waals surface area contributed by atoms with Gasteiger partial charge in [-0.15, -0.1) is 0 Å². The number of nitrogens with zero attached hydrogens (tertiary/aromatic N) is 1. The van der Waals surface area contributed by atoms with E-state index >= 15 is 0 Å². The fourth-order valence-corrected chi connectivity index (χ4v) is 2.17. The number of hydrogen-bond donors (Lipinski definition) is 1. The molecule has 2 nitrogen and oxygen atoms in total. The minimum Gasteiger partial charge on any atom is -0.307 e. The zero-order valence-electron chi connectivity index (χ0n) is 9.16. The first kappa shape index (κ1) is 12.7. The third kappa shape index (κ3) is 4.22. The van der Waals surface area contributed by atoms with Gasteiger partial charge in [-0.3, -0.25) is 4.98 Å². The van der Waals surface area contributed by atoms with Crippen LogP contribution in [-0.4, -0.2) is 4.98 Å². The number of nitrogens with one attached hydrogen (secondary N) is 1. The fourth-order valence-electron chi connectivity index (χ4n) is 1.49. The molecule has 0 aliphatic heterocycles. The van der Waals surface area contributed by atoms with Crippen molar-refractivity contribution in [1.29, 1.82) is 0 Å². The van der Waals surface area contributed by atoms with Crippen LogP contribution < -0.4 is 5.32 Å². The molecule has 0 aliphatic rings. The number of hydrogen-bond acceptors (Lipinski definition) is 2. The molecule has 1 aromatic heterocycles. The van der Waals surface area contributed by atoms with Crippen molar-refractivity contribution in [2.24, 2.45) is 0 Å². The van der Waals surface area contributed by atoms with E-state index in [1.807, 2.05) is 30.5 Å². The summed E-state index contributed by atoms with van der Waals surface area (Å²) in [5.74, 6) is 0. The maximum absolute atomic E-state index is 4.31. The number of pyridine rings is 1. The second kappa shape index (κ2) is 6.28. The lowest BCUT2D eigenvalue weighted by Gasteiger charge is -2.05. The molecule has 0 atom stereocenters. The summed E-state index contributed by atoms with van der Waals surface area (Å²) in [5, 5.41) is 3.37. The molecule has 4 heteroatoms. The van der Waals surface area contributed by atoms with Gasteiger partial charge in [0, 0.05) is 28.2 Å². The normalized spacial score (nSPS) is 10.5. The van der Waals surface area contributed by atoms with Crippen LogP contribution in [0.1, 0.15) is 11.3 Å². The Bertz CT molecular complexity index is 483. The highest BCUT2D eigenvalue weighted by Gasteiger charge is 1.96. The fraction of sp³-hybridized carbons (Fsp3) is 0.154. The van der Waals surface area contributed by atoms with Crippen molar-refractivity contribution in [2.45, 2.75) is 13.1 Å². The Hall–Kier alpha value is -0.710. The monoisotopic (exact) mass is 354 g/mol. The summed E-state index contributed by atoms with van der Waals surface area (Å²) >= 11 is 6.83. The van der Waals surface area contributed by atoms with Crippen molar-refractivity contribution in [3.8, 4) is 0 Å². The van der Waals surface area contributed by atoms with Crippen LogP contribution in [0.5, 0.6) is 0 Å². The van der Waals surface area contributed by atoms with E-state index in [1.165, 1.54) is 5.56 Å². The van der Waals surface area contributed by atoms with E-state index in [4.69, 9.17) is 0 Å². The highest BCUT2D eigenvalue weighted by Crippen LogP contribution is 2.11. The first-order valence-electron chi connectivity index (χ1n) is 5.29. The van der Waals surface area contributed by atoms with Crippen LogP contribution in [0.2, 0.25) is 0 Å². The summed E-state index contributed by atoms with van der Waals surface area (Å²) in [4.78, 5) is 4.31. The quantitative estimate of drug-likeness (QED) is 0.899. The molecule has 2 rings (SSSR count). The van der Waals surface area contributed by atoms with Gasteiger partial charge in [0.05, 0.1) is 5.69 Å². The van der Waals surface area contributed by atoms with E-state index in [9.17, 15) is 0 Å². The van der Waals surface area contributed by atoms with E-state index < -0.39 is 0 Å². The zero-order chi connectivity index (χ0) is 12.1. The third-order valence-electron chi connectivity index (χ3n) is 2.31. The maximum Gasteiger partial charge on any atom is 0.0542 e. The molecule has 88 valence electrons. The highest BCUT2D eigenvalue weighted by molar-refractivity contribution is 9.10. The van der Waals surface area contributed by atoms with Crippen LogP contribution in [0.3, 0.4) is 0 Å². The topological polar surface area (TPSA) is 24.9 Å². The summed E-state index contributed by atoms with van der Waals surface area (Å²) in [7, 11) is 0. The summed E-state index contributed by atoms with van der Waals surface area (Å²) in [6, 6.07) is 12.3. The largest absolute Gasteiger partial charge is 0.307 e. The summed E-state index contributed by atoms with van der Waals surface area (Å²) in [5.41, 5.74) is 2.31. The van der Waals surface area contributed by atoms with Gasteiger partial charge >= 0.3 is 0 Å². The van der Waals surface area contributed by atoms with Crippen molar-refractivity contribution in [3.05, 3.63) is 62.8 Å². The molecule has 1 N–H and O–H groups in total. The third-order valence-corrected chi connectivity index (χ3v) is 3.28. The smallest absolute Gasteiger partial charge is 0.0542 e. The minimum atomic E-state index is 0.778. The molecule has 0 saturated heterocycles. The Morgan fingerprint density at radius 3 is 2.59 bits per heavy atom. The number of rotatable bonds is 4. The first-order valence-corrected chi connectivity index (χ1v) is 6.88. The molecule has 0 saturated carbocycles. The Labute approximate surface area is 118 Å². The van der Waals surface area contributed by atoms with Gasteiger partial charge in [-0.1, -0.05) is 28.1 Å². The Kier molecular flexibility index (Phi) is 4.71. The summed E-state index contributed by atoms with van der Waals surface area (Å²) in [6.07, 6.45) is 1.82. The van der Waals surface area contributed by atoms with E-state index in [0.717, 1.165) is 27.7 Å².